The summed E-state index contributed by atoms with van der Waals surface area (Å²) in [6, 6.07) is 8.54. The van der Waals surface area contributed by atoms with Gasteiger partial charge in [0.1, 0.15) is 6.10 Å². The molecule has 3 rings (SSSR count). The highest BCUT2D eigenvalue weighted by Crippen LogP contribution is 2.17. The number of nitrogens with zero attached hydrogens (tertiary/aromatic N) is 2. The first-order valence-electron chi connectivity index (χ1n) is 8.68. The summed E-state index contributed by atoms with van der Waals surface area (Å²) in [5, 5.41) is 13.3. The molecular formula is C18H25N3O4. The molecule has 2 aliphatic rings. The van der Waals surface area contributed by atoms with E-state index in [9.17, 15) is 14.7 Å². The lowest BCUT2D eigenvalue weighted by molar-refractivity contribution is -0.130. The molecule has 2 aliphatic heterocycles. The van der Waals surface area contributed by atoms with Crippen molar-refractivity contribution in [3.05, 3.63) is 35.9 Å². The highest BCUT2D eigenvalue weighted by molar-refractivity contribution is 5.94. The van der Waals surface area contributed by atoms with E-state index in [0.717, 1.165) is 13.1 Å². The van der Waals surface area contributed by atoms with Crippen molar-refractivity contribution in [2.75, 3.05) is 39.3 Å². The zero-order valence-corrected chi connectivity index (χ0v) is 14.4. The SMILES string of the molecule is CC(=O)N1CCN(CC2OCC(NC(=O)c3ccccc3)C2O)CC1. The van der Waals surface area contributed by atoms with Crippen LogP contribution in [0.1, 0.15) is 17.3 Å². The maximum absolute atomic E-state index is 12.2. The molecular weight excluding hydrogens is 322 g/mol. The minimum atomic E-state index is -0.738. The third-order valence-electron chi connectivity index (χ3n) is 4.89. The lowest BCUT2D eigenvalue weighted by Gasteiger charge is -2.35. The molecule has 2 fully saturated rings. The van der Waals surface area contributed by atoms with Gasteiger partial charge in [-0.3, -0.25) is 14.5 Å². The third-order valence-corrected chi connectivity index (χ3v) is 4.89. The first kappa shape index (κ1) is 17.8. The summed E-state index contributed by atoms with van der Waals surface area (Å²) >= 11 is 0. The first-order chi connectivity index (χ1) is 12.0. The summed E-state index contributed by atoms with van der Waals surface area (Å²) in [5.74, 6) is -0.107. The van der Waals surface area contributed by atoms with E-state index >= 15 is 0 Å². The number of aliphatic hydroxyl groups excluding tert-OH is 1. The Morgan fingerprint density at radius 1 is 1.20 bits per heavy atom. The maximum atomic E-state index is 12.2. The van der Waals surface area contributed by atoms with Crippen LogP contribution in [0.4, 0.5) is 0 Å². The fourth-order valence-corrected chi connectivity index (χ4v) is 3.31. The summed E-state index contributed by atoms with van der Waals surface area (Å²) in [7, 11) is 0. The van der Waals surface area contributed by atoms with E-state index in [1.165, 1.54) is 0 Å². The second-order valence-electron chi connectivity index (χ2n) is 6.62. The summed E-state index contributed by atoms with van der Waals surface area (Å²) in [4.78, 5) is 27.6. The van der Waals surface area contributed by atoms with Crippen LogP contribution in [0.2, 0.25) is 0 Å². The molecule has 2 N–H and O–H groups in total. The normalized spacial score (nSPS) is 27.3. The Morgan fingerprint density at radius 3 is 2.52 bits per heavy atom. The van der Waals surface area contributed by atoms with Crippen LogP contribution in [0.5, 0.6) is 0 Å². The van der Waals surface area contributed by atoms with Crippen LogP contribution < -0.4 is 5.32 Å². The Kier molecular flexibility index (Phi) is 5.67. The number of rotatable bonds is 4. The fraction of sp³-hybridized carbons (Fsp3) is 0.556. The molecule has 3 unspecified atom stereocenters. The molecule has 25 heavy (non-hydrogen) atoms. The lowest BCUT2D eigenvalue weighted by atomic mass is 10.1. The fourth-order valence-electron chi connectivity index (χ4n) is 3.31. The van der Waals surface area contributed by atoms with E-state index in [2.05, 4.69) is 10.2 Å². The second-order valence-corrected chi connectivity index (χ2v) is 6.62. The number of benzene rings is 1. The zero-order chi connectivity index (χ0) is 17.8. The van der Waals surface area contributed by atoms with E-state index in [4.69, 9.17) is 4.74 Å². The number of piperazine rings is 1. The van der Waals surface area contributed by atoms with Gasteiger partial charge in [0, 0.05) is 45.2 Å². The largest absolute Gasteiger partial charge is 0.388 e. The van der Waals surface area contributed by atoms with Gasteiger partial charge in [-0.25, -0.2) is 0 Å². The average molecular weight is 347 g/mol. The lowest BCUT2D eigenvalue weighted by Crippen LogP contribution is -2.52. The zero-order valence-electron chi connectivity index (χ0n) is 14.4. The molecule has 3 atom stereocenters. The molecule has 0 bridgehead atoms. The van der Waals surface area contributed by atoms with Crippen molar-refractivity contribution in [3.63, 3.8) is 0 Å². The topological polar surface area (TPSA) is 82.1 Å². The predicted octanol–water partition coefficient (Wildman–Crippen LogP) is -0.291. The number of carbonyl (C=O) groups is 2. The van der Waals surface area contributed by atoms with E-state index in [0.29, 0.717) is 31.8 Å². The molecule has 2 heterocycles. The molecule has 0 spiro atoms. The Bertz CT molecular complexity index is 602. The van der Waals surface area contributed by atoms with Gasteiger partial charge in [-0.15, -0.1) is 0 Å². The number of aliphatic hydroxyl groups is 1. The molecule has 7 nitrogen and oxygen atoms in total. The Balaban J connectivity index is 1.48. The molecule has 2 amide bonds. The average Bonchev–Trinajstić information content (AvgIpc) is 2.96. The van der Waals surface area contributed by atoms with Crippen LogP contribution in [0.15, 0.2) is 30.3 Å². The molecule has 0 radical (unpaired) electrons. The monoisotopic (exact) mass is 347 g/mol. The number of hydrogen-bond donors (Lipinski definition) is 2. The maximum Gasteiger partial charge on any atom is 0.251 e. The van der Waals surface area contributed by atoms with Crippen molar-refractivity contribution >= 4 is 11.8 Å². The van der Waals surface area contributed by atoms with Crippen molar-refractivity contribution in [1.82, 2.24) is 15.1 Å². The summed E-state index contributed by atoms with van der Waals surface area (Å²) in [6.07, 6.45) is -1.07. The van der Waals surface area contributed by atoms with Gasteiger partial charge < -0.3 is 20.1 Å². The van der Waals surface area contributed by atoms with E-state index in [1.807, 2.05) is 11.0 Å². The number of ether oxygens (including phenoxy) is 1. The summed E-state index contributed by atoms with van der Waals surface area (Å²) in [5.41, 5.74) is 0.568. The Hall–Kier alpha value is -1.96. The van der Waals surface area contributed by atoms with Crippen LogP contribution in [-0.4, -0.2) is 84.3 Å². The molecule has 0 aromatic heterocycles. The van der Waals surface area contributed by atoms with E-state index < -0.39 is 12.1 Å². The van der Waals surface area contributed by atoms with E-state index in [1.54, 1.807) is 31.2 Å². The summed E-state index contributed by atoms with van der Waals surface area (Å²) < 4.78 is 5.70. The highest BCUT2D eigenvalue weighted by Gasteiger charge is 2.38. The van der Waals surface area contributed by atoms with Crippen LogP contribution in [0.3, 0.4) is 0 Å². The number of hydrogen-bond acceptors (Lipinski definition) is 5. The molecule has 7 heteroatoms. The van der Waals surface area contributed by atoms with Crippen LogP contribution in [-0.2, 0) is 9.53 Å². The van der Waals surface area contributed by atoms with Gasteiger partial charge in [-0.05, 0) is 12.1 Å². The van der Waals surface area contributed by atoms with Crippen molar-refractivity contribution < 1.29 is 19.4 Å². The minimum Gasteiger partial charge on any atom is -0.388 e. The van der Waals surface area contributed by atoms with Crippen molar-refractivity contribution in [2.24, 2.45) is 0 Å². The molecule has 2 saturated heterocycles. The van der Waals surface area contributed by atoms with Gasteiger partial charge in [0.05, 0.1) is 18.8 Å². The highest BCUT2D eigenvalue weighted by atomic mass is 16.5. The van der Waals surface area contributed by atoms with Crippen LogP contribution >= 0.6 is 0 Å². The predicted molar refractivity (Wildman–Crippen MR) is 92.1 cm³/mol. The van der Waals surface area contributed by atoms with Crippen LogP contribution in [0.25, 0.3) is 0 Å². The van der Waals surface area contributed by atoms with Gasteiger partial charge in [0.15, 0.2) is 0 Å². The van der Waals surface area contributed by atoms with E-state index in [-0.39, 0.29) is 17.9 Å². The van der Waals surface area contributed by atoms with Crippen molar-refractivity contribution in [2.45, 2.75) is 25.2 Å². The third kappa shape index (κ3) is 4.36. The van der Waals surface area contributed by atoms with Gasteiger partial charge in [-0.1, -0.05) is 18.2 Å². The molecule has 1 aromatic rings. The van der Waals surface area contributed by atoms with Crippen molar-refractivity contribution in [3.8, 4) is 0 Å². The quantitative estimate of drug-likeness (QED) is 0.782. The molecule has 136 valence electrons. The Labute approximate surface area is 147 Å². The van der Waals surface area contributed by atoms with Crippen LogP contribution in [0, 0.1) is 0 Å². The summed E-state index contributed by atoms with van der Waals surface area (Å²) in [6.45, 7) is 5.43. The van der Waals surface area contributed by atoms with Crippen molar-refractivity contribution in [1.29, 1.82) is 0 Å². The molecule has 0 aliphatic carbocycles. The first-order valence-corrected chi connectivity index (χ1v) is 8.68. The second kappa shape index (κ2) is 7.95. The van der Waals surface area contributed by atoms with Gasteiger partial charge in [0.2, 0.25) is 5.91 Å². The van der Waals surface area contributed by atoms with Gasteiger partial charge in [-0.2, -0.15) is 0 Å². The smallest absolute Gasteiger partial charge is 0.251 e. The Morgan fingerprint density at radius 2 is 1.88 bits per heavy atom. The molecule has 0 saturated carbocycles. The number of nitrogens with one attached hydrogen (secondary N) is 1. The number of carbonyl (C=O) groups excluding carboxylic acids is 2. The van der Waals surface area contributed by atoms with Gasteiger partial charge >= 0.3 is 0 Å². The number of amides is 2. The standard InChI is InChI=1S/C18H25N3O4/c1-13(22)21-9-7-20(8-10-21)11-16-17(23)15(12-25-16)19-18(24)14-5-3-2-4-6-14/h2-6,15-17,23H,7-12H2,1H3,(H,19,24). The van der Waals surface area contributed by atoms with Gasteiger partial charge in [0.25, 0.3) is 5.91 Å². The minimum absolute atomic E-state index is 0.0977. The molecule has 1 aromatic carbocycles.